The first kappa shape index (κ1) is 20.0. The summed E-state index contributed by atoms with van der Waals surface area (Å²) in [5, 5.41) is 11.4. The number of nitrogens with zero attached hydrogens (tertiary/aromatic N) is 2. The summed E-state index contributed by atoms with van der Waals surface area (Å²) in [5.41, 5.74) is 3.98. The molecular formula is C13H21N5O4S3. The molecule has 2 aliphatic carbocycles. The van der Waals surface area contributed by atoms with Crippen LogP contribution in [0, 0.1) is 11.8 Å². The molecule has 2 rings (SSSR count). The molecule has 0 unspecified atom stereocenters. The number of rotatable bonds is 7. The van der Waals surface area contributed by atoms with Crippen LogP contribution in [-0.2, 0) is 14.8 Å². The third kappa shape index (κ3) is 5.31. The summed E-state index contributed by atoms with van der Waals surface area (Å²) in [7, 11) is -1.26. The fourth-order valence-electron chi connectivity index (χ4n) is 2.07. The van der Waals surface area contributed by atoms with Crippen molar-refractivity contribution >= 4 is 50.3 Å². The lowest BCUT2D eigenvalue weighted by atomic mass is 10.4. The van der Waals surface area contributed by atoms with Crippen molar-refractivity contribution in [3.05, 3.63) is 11.1 Å². The molecule has 0 atom stereocenters. The van der Waals surface area contributed by atoms with Gasteiger partial charge < -0.3 is 0 Å². The van der Waals surface area contributed by atoms with Gasteiger partial charge in [0.1, 0.15) is 0 Å². The van der Waals surface area contributed by atoms with Crippen molar-refractivity contribution in [1.29, 1.82) is 0 Å². The summed E-state index contributed by atoms with van der Waals surface area (Å²) >= 11 is 10.4. The van der Waals surface area contributed by atoms with E-state index in [2.05, 4.69) is 10.3 Å². The van der Waals surface area contributed by atoms with Crippen LogP contribution in [0.15, 0.2) is 11.1 Å². The predicted molar refractivity (Wildman–Crippen MR) is 99.4 cm³/mol. The van der Waals surface area contributed by atoms with Crippen LogP contribution in [0.4, 0.5) is 0 Å². The highest BCUT2D eigenvalue weighted by Gasteiger charge is 2.34. The van der Waals surface area contributed by atoms with Crippen LogP contribution in [-0.4, -0.2) is 53.6 Å². The lowest BCUT2D eigenvalue weighted by molar-refractivity contribution is -0.119. The number of thiocarbonyl (C=S) groups is 2. The number of nitrogens with one attached hydrogen (secondary N) is 3. The molecule has 0 aromatic heterocycles. The van der Waals surface area contributed by atoms with E-state index in [0.717, 1.165) is 25.7 Å². The standard InChI is InChI=1S/C13H21N5O4S3/c1-17(12(23)8-3-4-8)15-11(19)10(7-14-20)25(21,22)16-18(2)13(24)9-5-6-9/h7-9,14,16,20H,3-6H2,1-2H3,(H,15,19)/b10-7+. The zero-order valence-electron chi connectivity index (χ0n) is 13.9. The van der Waals surface area contributed by atoms with E-state index in [1.807, 2.05) is 0 Å². The molecule has 0 aromatic carbocycles. The van der Waals surface area contributed by atoms with Gasteiger partial charge in [-0.3, -0.25) is 30.9 Å². The number of carbonyl (C=O) groups is 1. The average Bonchev–Trinajstić information content (AvgIpc) is 3.41. The van der Waals surface area contributed by atoms with Crippen molar-refractivity contribution in [3.63, 3.8) is 0 Å². The molecule has 2 saturated carbocycles. The topological polar surface area (TPSA) is 114 Å². The Bertz CT molecular complexity index is 700. The maximum atomic E-state index is 12.5. The first-order chi connectivity index (χ1) is 11.7. The van der Waals surface area contributed by atoms with E-state index in [9.17, 15) is 13.2 Å². The maximum Gasteiger partial charge on any atom is 0.284 e. The van der Waals surface area contributed by atoms with Gasteiger partial charge in [0.2, 0.25) is 0 Å². The number of sulfonamides is 1. The summed E-state index contributed by atoms with van der Waals surface area (Å²) in [6, 6.07) is 0. The average molecular weight is 408 g/mol. The van der Waals surface area contributed by atoms with Gasteiger partial charge in [-0.05, 0) is 25.7 Å². The van der Waals surface area contributed by atoms with Crippen molar-refractivity contribution in [3.8, 4) is 0 Å². The summed E-state index contributed by atoms with van der Waals surface area (Å²) in [5.74, 6) is -0.548. The van der Waals surface area contributed by atoms with Crippen molar-refractivity contribution in [2.75, 3.05) is 14.1 Å². The second kappa shape index (κ2) is 7.91. The normalized spacial score (nSPS) is 17.6. The van der Waals surface area contributed by atoms with E-state index in [0.29, 0.717) is 16.2 Å². The van der Waals surface area contributed by atoms with E-state index in [-0.39, 0.29) is 11.8 Å². The van der Waals surface area contributed by atoms with Crippen LogP contribution in [0.25, 0.3) is 0 Å². The minimum Gasteiger partial charge on any atom is -0.292 e. The minimum absolute atomic E-state index is 0.168. The molecule has 0 aromatic rings. The molecule has 2 aliphatic rings. The molecule has 0 saturated heterocycles. The van der Waals surface area contributed by atoms with Crippen LogP contribution in [0.2, 0.25) is 0 Å². The molecule has 25 heavy (non-hydrogen) atoms. The van der Waals surface area contributed by atoms with Crippen molar-refractivity contribution in [2.45, 2.75) is 25.7 Å². The van der Waals surface area contributed by atoms with Crippen molar-refractivity contribution in [2.24, 2.45) is 11.8 Å². The lowest BCUT2D eigenvalue weighted by Crippen LogP contribution is -2.49. The summed E-state index contributed by atoms with van der Waals surface area (Å²) < 4.78 is 24.9. The second-order valence-electron chi connectivity index (χ2n) is 6.02. The van der Waals surface area contributed by atoms with Crippen LogP contribution >= 0.6 is 24.4 Å². The minimum atomic E-state index is -4.26. The van der Waals surface area contributed by atoms with E-state index < -0.39 is 20.8 Å². The van der Waals surface area contributed by atoms with Gasteiger partial charge in [0.15, 0.2) is 4.91 Å². The Morgan fingerprint density at radius 2 is 1.56 bits per heavy atom. The second-order valence-corrected chi connectivity index (χ2v) is 8.48. The molecule has 0 radical (unpaired) electrons. The fraction of sp³-hybridized carbons (Fsp3) is 0.615. The lowest BCUT2D eigenvalue weighted by Gasteiger charge is -2.24. The van der Waals surface area contributed by atoms with Crippen LogP contribution in [0.5, 0.6) is 0 Å². The van der Waals surface area contributed by atoms with Gasteiger partial charge in [-0.15, -0.1) is 4.83 Å². The third-order valence-electron chi connectivity index (χ3n) is 3.75. The van der Waals surface area contributed by atoms with Gasteiger partial charge in [-0.1, -0.05) is 24.4 Å². The van der Waals surface area contributed by atoms with Gasteiger partial charge in [0, 0.05) is 32.1 Å². The summed E-state index contributed by atoms with van der Waals surface area (Å²) in [4.78, 5) is 14.8. The monoisotopic (exact) mass is 407 g/mol. The highest BCUT2D eigenvalue weighted by atomic mass is 32.2. The predicted octanol–water partition coefficient (Wildman–Crippen LogP) is 0.0106. The number of amides is 1. The first-order valence-corrected chi connectivity index (χ1v) is 9.95. The van der Waals surface area contributed by atoms with E-state index in [4.69, 9.17) is 29.6 Å². The number of carbonyl (C=O) groups excluding carboxylic acids is 1. The van der Waals surface area contributed by atoms with Gasteiger partial charge in [0.25, 0.3) is 15.9 Å². The van der Waals surface area contributed by atoms with Crippen molar-refractivity contribution < 1.29 is 18.4 Å². The van der Waals surface area contributed by atoms with E-state index >= 15 is 0 Å². The number of hydrogen-bond donors (Lipinski definition) is 4. The maximum absolute atomic E-state index is 12.5. The SMILES string of the molecule is CN(NC(=O)/C(=C\NO)S(=O)(=O)NN(C)C(=S)C1CC1)C(=S)C1CC1. The highest BCUT2D eigenvalue weighted by Crippen LogP contribution is 2.32. The number of hydroxylamine groups is 1. The van der Waals surface area contributed by atoms with Crippen LogP contribution < -0.4 is 15.7 Å². The summed E-state index contributed by atoms with van der Waals surface area (Å²) in [6.45, 7) is 0. The molecular weight excluding hydrogens is 386 g/mol. The van der Waals surface area contributed by atoms with Gasteiger partial charge >= 0.3 is 0 Å². The van der Waals surface area contributed by atoms with Gasteiger partial charge in [-0.25, -0.2) is 8.42 Å². The smallest absolute Gasteiger partial charge is 0.284 e. The molecule has 12 heteroatoms. The zero-order chi connectivity index (χ0) is 18.8. The van der Waals surface area contributed by atoms with Crippen molar-refractivity contribution in [1.82, 2.24) is 25.8 Å². The molecule has 0 bridgehead atoms. The fourth-order valence-corrected chi connectivity index (χ4v) is 3.74. The molecule has 140 valence electrons. The van der Waals surface area contributed by atoms with E-state index in [1.54, 1.807) is 5.48 Å². The highest BCUT2D eigenvalue weighted by molar-refractivity contribution is 7.94. The molecule has 0 heterocycles. The molecule has 0 aliphatic heterocycles. The molecule has 4 N–H and O–H groups in total. The molecule has 9 nitrogen and oxygen atoms in total. The third-order valence-corrected chi connectivity index (χ3v) is 6.36. The van der Waals surface area contributed by atoms with Crippen LogP contribution in [0.1, 0.15) is 25.7 Å². The molecule has 2 fully saturated rings. The molecule has 0 spiro atoms. The first-order valence-electron chi connectivity index (χ1n) is 7.65. The van der Waals surface area contributed by atoms with E-state index in [1.165, 1.54) is 24.1 Å². The Morgan fingerprint density at radius 3 is 2.00 bits per heavy atom. The zero-order valence-corrected chi connectivity index (χ0v) is 16.3. The van der Waals surface area contributed by atoms with Crippen LogP contribution in [0.3, 0.4) is 0 Å². The summed E-state index contributed by atoms with van der Waals surface area (Å²) in [6.07, 6.45) is 4.40. The molecule has 1 amide bonds. The van der Waals surface area contributed by atoms with Gasteiger partial charge in [-0.2, -0.15) is 0 Å². The Morgan fingerprint density at radius 1 is 1.08 bits per heavy atom. The Kier molecular flexibility index (Phi) is 6.32. The largest absolute Gasteiger partial charge is 0.292 e. The van der Waals surface area contributed by atoms with Gasteiger partial charge in [0.05, 0.1) is 9.98 Å². The Balaban J connectivity index is 2.06. The Labute approximate surface area is 157 Å². The Hall–Kier alpha value is -1.34. The number of hydrogen-bond acceptors (Lipinski definition) is 7. The quantitative estimate of drug-likeness (QED) is 0.263. The number of hydrazine groups is 2.